The highest BCUT2D eigenvalue weighted by molar-refractivity contribution is 7.89. The van der Waals surface area contributed by atoms with Gasteiger partial charge in [-0.25, -0.2) is 13.6 Å². The van der Waals surface area contributed by atoms with Crippen LogP contribution in [0, 0.1) is 0 Å². The molecule has 0 atom stereocenters. The number of anilines is 1. The van der Waals surface area contributed by atoms with E-state index in [9.17, 15) is 21.6 Å². The van der Waals surface area contributed by atoms with Crippen LogP contribution in [-0.4, -0.2) is 8.42 Å². The number of sulfonamides is 1. The van der Waals surface area contributed by atoms with E-state index in [0.29, 0.717) is 6.07 Å². The molecule has 0 aliphatic carbocycles. The Morgan fingerprint density at radius 1 is 1.24 bits per heavy atom. The molecule has 0 amide bonds. The number of benzene rings is 1. The lowest BCUT2D eigenvalue weighted by molar-refractivity contribution is -0.137. The first-order chi connectivity index (χ1) is 9.68. The van der Waals surface area contributed by atoms with Gasteiger partial charge in [0.15, 0.2) is 0 Å². The lowest BCUT2D eigenvalue weighted by Gasteiger charge is -2.15. The minimum atomic E-state index is -4.68. The van der Waals surface area contributed by atoms with Crippen molar-refractivity contribution in [2.45, 2.75) is 17.6 Å². The zero-order valence-corrected chi connectivity index (χ0v) is 12.1. The summed E-state index contributed by atoms with van der Waals surface area (Å²) in [5.41, 5.74) is -1.26. The number of hydrogen-bond donors (Lipinski definition) is 2. The summed E-state index contributed by atoms with van der Waals surface area (Å²) in [7, 11) is -4.19. The summed E-state index contributed by atoms with van der Waals surface area (Å²) in [5.74, 6) is 0. The Morgan fingerprint density at radius 2 is 1.95 bits per heavy atom. The molecule has 3 N–H and O–H groups in total. The van der Waals surface area contributed by atoms with Crippen LogP contribution in [0.5, 0.6) is 0 Å². The molecule has 0 saturated heterocycles. The monoisotopic (exact) mass is 336 g/mol. The third kappa shape index (κ3) is 3.96. The molecule has 2 rings (SSSR count). The molecule has 0 bridgehead atoms. The highest BCUT2D eigenvalue weighted by Crippen LogP contribution is 2.36. The SMILES string of the molecule is NS(=O)(=O)c1ccc(NCc2cccs2)c(C(F)(F)F)c1. The molecule has 114 valence electrons. The van der Waals surface area contributed by atoms with Crippen molar-refractivity contribution in [1.82, 2.24) is 0 Å². The van der Waals surface area contributed by atoms with E-state index in [1.54, 1.807) is 12.1 Å². The molecule has 0 aliphatic rings. The third-order valence-electron chi connectivity index (χ3n) is 2.66. The Bertz CT molecular complexity index is 725. The van der Waals surface area contributed by atoms with Crippen LogP contribution in [-0.2, 0) is 22.7 Å². The van der Waals surface area contributed by atoms with Crippen LogP contribution in [0.4, 0.5) is 18.9 Å². The Labute approximate surface area is 123 Å². The number of nitrogens with one attached hydrogen (secondary N) is 1. The van der Waals surface area contributed by atoms with E-state index in [1.165, 1.54) is 11.3 Å². The zero-order chi connectivity index (χ0) is 15.7. The summed E-state index contributed by atoms with van der Waals surface area (Å²) >= 11 is 1.40. The molecule has 1 aromatic carbocycles. The Morgan fingerprint density at radius 3 is 2.48 bits per heavy atom. The first kappa shape index (κ1) is 15.8. The molecule has 0 unspecified atom stereocenters. The first-order valence-electron chi connectivity index (χ1n) is 5.68. The summed E-state index contributed by atoms with van der Waals surface area (Å²) in [5, 5.41) is 9.32. The van der Waals surface area contributed by atoms with Crippen LogP contribution in [0.15, 0.2) is 40.6 Å². The van der Waals surface area contributed by atoms with Crippen molar-refractivity contribution in [3.05, 3.63) is 46.2 Å². The van der Waals surface area contributed by atoms with Crippen molar-refractivity contribution in [3.63, 3.8) is 0 Å². The second-order valence-electron chi connectivity index (χ2n) is 4.18. The molecular formula is C12H11F3N2O2S2. The Hall–Kier alpha value is -1.58. The van der Waals surface area contributed by atoms with Crippen LogP contribution in [0.2, 0.25) is 0 Å². The smallest absolute Gasteiger partial charge is 0.380 e. The maximum Gasteiger partial charge on any atom is 0.418 e. The standard InChI is InChI=1S/C12H11F3N2O2S2/c13-12(14,15)10-6-9(21(16,18)19)3-4-11(10)17-7-8-2-1-5-20-8/h1-6,17H,7H2,(H2,16,18,19). The van der Waals surface area contributed by atoms with E-state index < -0.39 is 26.7 Å². The lowest BCUT2D eigenvalue weighted by Crippen LogP contribution is -2.16. The second kappa shape index (κ2) is 5.66. The lowest BCUT2D eigenvalue weighted by atomic mass is 10.1. The molecule has 9 heteroatoms. The van der Waals surface area contributed by atoms with Crippen molar-refractivity contribution in [2.24, 2.45) is 5.14 Å². The van der Waals surface area contributed by atoms with Crippen molar-refractivity contribution >= 4 is 27.0 Å². The fourth-order valence-corrected chi connectivity index (χ4v) is 2.87. The molecule has 0 saturated carbocycles. The van der Waals surface area contributed by atoms with Gasteiger partial charge in [0.25, 0.3) is 0 Å². The number of hydrogen-bond acceptors (Lipinski definition) is 4. The maximum atomic E-state index is 13.0. The summed E-state index contributed by atoms with van der Waals surface area (Å²) in [6, 6.07) is 6.21. The van der Waals surface area contributed by atoms with Gasteiger partial charge in [0.05, 0.1) is 10.5 Å². The molecule has 0 aliphatic heterocycles. The van der Waals surface area contributed by atoms with E-state index in [2.05, 4.69) is 5.32 Å². The second-order valence-corrected chi connectivity index (χ2v) is 6.78. The molecule has 1 heterocycles. The van der Waals surface area contributed by atoms with Crippen molar-refractivity contribution in [2.75, 3.05) is 5.32 Å². The molecule has 4 nitrogen and oxygen atoms in total. The normalized spacial score (nSPS) is 12.4. The fourth-order valence-electron chi connectivity index (χ4n) is 1.68. The zero-order valence-electron chi connectivity index (χ0n) is 10.5. The fraction of sp³-hybridized carbons (Fsp3) is 0.167. The van der Waals surface area contributed by atoms with E-state index in [-0.39, 0.29) is 12.2 Å². The summed E-state index contributed by atoms with van der Waals surface area (Å²) in [6.45, 7) is 0.218. The van der Waals surface area contributed by atoms with Crippen LogP contribution in [0.1, 0.15) is 10.4 Å². The van der Waals surface area contributed by atoms with Crippen molar-refractivity contribution in [1.29, 1.82) is 0 Å². The molecule has 0 fully saturated rings. The van der Waals surface area contributed by atoms with Gasteiger partial charge in [-0.15, -0.1) is 11.3 Å². The van der Waals surface area contributed by atoms with Crippen LogP contribution in [0.25, 0.3) is 0 Å². The molecular weight excluding hydrogens is 325 g/mol. The number of halogens is 3. The number of alkyl halides is 3. The number of nitrogens with two attached hydrogens (primary N) is 1. The Balaban J connectivity index is 2.36. The van der Waals surface area contributed by atoms with Crippen LogP contribution in [0.3, 0.4) is 0 Å². The quantitative estimate of drug-likeness (QED) is 0.901. The molecule has 1 aromatic heterocycles. The minimum Gasteiger partial charge on any atom is -0.380 e. The summed E-state index contributed by atoms with van der Waals surface area (Å²) in [4.78, 5) is 0.287. The van der Waals surface area contributed by atoms with E-state index >= 15 is 0 Å². The minimum absolute atomic E-state index is 0.191. The maximum absolute atomic E-state index is 13.0. The number of thiophene rings is 1. The van der Waals surface area contributed by atoms with E-state index in [0.717, 1.165) is 17.0 Å². The molecule has 0 radical (unpaired) electrons. The highest BCUT2D eigenvalue weighted by atomic mass is 32.2. The van der Waals surface area contributed by atoms with Crippen LogP contribution >= 0.6 is 11.3 Å². The van der Waals surface area contributed by atoms with E-state index in [1.807, 2.05) is 5.38 Å². The average molecular weight is 336 g/mol. The van der Waals surface area contributed by atoms with Crippen molar-refractivity contribution in [3.8, 4) is 0 Å². The largest absolute Gasteiger partial charge is 0.418 e. The van der Waals surface area contributed by atoms with Gasteiger partial charge in [0.2, 0.25) is 10.0 Å². The van der Waals surface area contributed by atoms with Gasteiger partial charge in [-0.1, -0.05) is 6.07 Å². The molecule has 0 spiro atoms. The van der Waals surface area contributed by atoms with Gasteiger partial charge >= 0.3 is 6.18 Å². The van der Waals surface area contributed by atoms with E-state index in [4.69, 9.17) is 5.14 Å². The number of primary sulfonamides is 1. The average Bonchev–Trinajstić information content (AvgIpc) is 2.87. The highest BCUT2D eigenvalue weighted by Gasteiger charge is 2.34. The molecule has 21 heavy (non-hydrogen) atoms. The summed E-state index contributed by atoms with van der Waals surface area (Å²) < 4.78 is 61.3. The van der Waals surface area contributed by atoms with Gasteiger partial charge in [-0.3, -0.25) is 0 Å². The predicted molar refractivity (Wildman–Crippen MR) is 74.5 cm³/mol. The van der Waals surface area contributed by atoms with Gasteiger partial charge in [0, 0.05) is 17.1 Å². The first-order valence-corrected chi connectivity index (χ1v) is 8.11. The van der Waals surface area contributed by atoms with Crippen LogP contribution < -0.4 is 10.5 Å². The Kier molecular flexibility index (Phi) is 4.26. The van der Waals surface area contributed by atoms with Gasteiger partial charge in [0.1, 0.15) is 0 Å². The van der Waals surface area contributed by atoms with Crippen molar-refractivity contribution < 1.29 is 21.6 Å². The van der Waals surface area contributed by atoms with Gasteiger partial charge in [-0.2, -0.15) is 13.2 Å². The molecule has 2 aromatic rings. The number of rotatable bonds is 4. The summed E-state index contributed by atoms with van der Waals surface area (Å²) in [6.07, 6.45) is -4.68. The third-order valence-corrected chi connectivity index (χ3v) is 4.45. The van der Waals surface area contributed by atoms with Gasteiger partial charge < -0.3 is 5.32 Å². The van der Waals surface area contributed by atoms with Gasteiger partial charge in [-0.05, 0) is 29.6 Å². The predicted octanol–water partition coefficient (Wildman–Crippen LogP) is 3.03. The topological polar surface area (TPSA) is 72.2 Å².